The van der Waals surface area contributed by atoms with Crippen molar-refractivity contribution in [2.75, 3.05) is 6.54 Å². The van der Waals surface area contributed by atoms with E-state index >= 15 is 0 Å². The number of hydrogen-bond donors (Lipinski definition) is 3. The molecule has 3 nitrogen and oxygen atoms in total. The fourth-order valence-electron chi connectivity index (χ4n) is 3.32. The van der Waals surface area contributed by atoms with Crippen molar-refractivity contribution >= 4 is 16.6 Å². The Bertz CT molecular complexity index is 1060. The number of H-pyrrole nitrogens is 1. The number of aromatic nitrogens is 1. The quantitative estimate of drug-likeness (QED) is 0.437. The predicted octanol–water partition coefficient (Wildman–Crippen LogP) is 5.34. The SMILES string of the molecule is C=C(NCCc1c[nH]c2ccc(O)cc12)c1ccc(-c2ccccc2)cc1. The number of phenolic OH excluding ortho intramolecular Hbond substituents is 1. The van der Waals surface area contributed by atoms with E-state index in [4.69, 9.17) is 0 Å². The van der Waals surface area contributed by atoms with Crippen molar-refractivity contribution in [3.8, 4) is 16.9 Å². The smallest absolute Gasteiger partial charge is 0.116 e. The Morgan fingerprint density at radius 2 is 1.67 bits per heavy atom. The van der Waals surface area contributed by atoms with Crippen LogP contribution in [-0.2, 0) is 6.42 Å². The molecule has 0 atom stereocenters. The second-order valence-corrected chi connectivity index (χ2v) is 6.64. The van der Waals surface area contributed by atoms with Crippen LogP contribution >= 0.6 is 0 Å². The second-order valence-electron chi connectivity index (χ2n) is 6.64. The van der Waals surface area contributed by atoms with E-state index in [0.717, 1.165) is 35.1 Å². The highest BCUT2D eigenvalue weighted by atomic mass is 16.3. The van der Waals surface area contributed by atoms with Gasteiger partial charge in [0.15, 0.2) is 0 Å². The molecule has 3 heteroatoms. The van der Waals surface area contributed by atoms with Crippen LogP contribution in [0.1, 0.15) is 11.1 Å². The summed E-state index contributed by atoms with van der Waals surface area (Å²) in [5.41, 5.74) is 6.64. The Labute approximate surface area is 159 Å². The minimum Gasteiger partial charge on any atom is -0.508 e. The first kappa shape index (κ1) is 17.0. The maximum atomic E-state index is 9.70. The lowest BCUT2D eigenvalue weighted by Crippen LogP contribution is -2.14. The summed E-state index contributed by atoms with van der Waals surface area (Å²) in [5.74, 6) is 0.291. The first-order valence-electron chi connectivity index (χ1n) is 9.08. The number of nitrogens with one attached hydrogen (secondary N) is 2. The highest BCUT2D eigenvalue weighted by Crippen LogP contribution is 2.24. The molecule has 27 heavy (non-hydrogen) atoms. The molecule has 4 rings (SSSR count). The summed E-state index contributed by atoms with van der Waals surface area (Å²) >= 11 is 0. The van der Waals surface area contributed by atoms with E-state index in [1.807, 2.05) is 30.5 Å². The Morgan fingerprint density at radius 1 is 0.926 bits per heavy atom. The van der Waals surface area contributed by atoms with E-state index < -0.39 is 0 Å². The molecule has 134 valence electrons. The fraction of sp³-hybridized carbons (Fsp3) is 0.0833. The average molecular weight is 354 g/mol. The first-order chi connectivity index (χ1) is 13.2. The van der Waals surface area contributed by atoms with Crippen LogP contribution < -0.4 is 5.32 Å². The van der Waals surface area contributed by atoms with E-state index in [9.17, 15) is 5.11 Å². The Hall–Kier alpha value is -3.46. The summed E-state index contributed by atoms with van der Waals surface area (Å²) in [6, 6.07) is 24.2. The van der Waals surface area contributed by atoms with Gasteiger partial charge < -0.3 is 15.4 Å². The number of aromatic amines is 1. The van der Waals surface area contributed by atoms with Crippen LogP contribution in [0.25, 0.3) is 27.7 Å². The molecule has 1 heterocycles. The topological polar surface area (TPSA) is 48.0 Å². The molecule has 0 unspecified atom stereocenters. The summed E-state index contributed by atoms with van der Waals surface area (Å²) in [6.45, 7) is 4.94. The van der Waals surface area contributed by atoms with E-state index in [2.05, 4.69) is 53.3 Å². The van der Waals surface area contributed by atoms with Crippen LogP contribution in [0.5, 0.6) is 5.75 Å². The molecular formula is C24H22N2O. The maximum absolute atomic E-state index is 9.70. The largest absolute Gasteiger partial charge is 0.508 e. The Kier molecular flexibility index (Phi) is 4.67. The molecule has 0 aliphatic carbocycles. The zero-order chi connectivity index (χ0) is 18.6. The minimum atomic E-state index is 0.291. The first-order valence-corrected chi connectivity index (χ1v) is 9.08. The van der Waals surface area contributed by atoms with Gasteiger partial charge in [-0.25, -0.2) is 0 Å². The van der Waals surface area contributed by atoms with Gasteiger partial charge in [-0.3, -0.25) is 0 Å². The van der Waals surface area contributed by atoms with Crippen LogP contribution in [0.15, 0.2) is 85.6 Å². The van der Waals surface area contributed by atoms with E-state index in [1.165, 1.54) is 16.7 Å². The summed E-state index contributed by atoms with van der Waals surface area (Å²) in [6.07, 6.45) is 2.85. The highest BCUT2D eigenvalue weighted by molar-refractivity contribution is 5.84. The summed E-state index contributed by atoms with van der Waals surface area (Å²) in [4.78, 5) is 3.25. The van der Waals surface area contributed by atoms with Crippen LogP contribution in [0.3, 0.4) is 0 Å². The zero-order valence-corrected chi connectivity index (χ0v) is 15.1. The van der Waals surface area contributed by atoms with Crippen molar-refractivity contribution in [2.24, 2.45) is 0 Å². The van der Waals surface area contributed by atoms with Gasteiger partial charge in [0, 0.05) is 29.3 Å². The van der Waals surface area contributed by atoms with Crippen LogP contribution in [0, 0.1) is 0 Å². The molecule has 0 saturated heterocycles. The van der Waals surface area contributed by atoms with Crippen LogP contribution in [0.2, 0.25) is 0 Å². The third-order valence-electron chi connectivity index (χ3n) is 4.82. The minimum absolute atomic E-state index is 0.291. The van der Waals surface area contributed by atoms with Gasteiger partial charge in [-0.2, -0.15) is 0 Å². The lowest BCUT2D eigenvalue weighted by molar-refractivity contribution is 0.476. The van der Waals surface area contributed by atoms with Gasteiger partial charge >= 0.3 is 0 Å². The molecule has 0 fully saturated rings. The Morgan fingerprint density at radius 3 is 2.44 bits per heavy atom. The molecule has 0 amide bonds. The predicted molar refractivity (Wildman–Crippen MR) is 113 cm³/mol. The van der Waals surface area contributed by atoms with Gasteiger partial charge in [0.25, 0.3) is 0 Å². The number of phenols is 1. The standard InChI is InChI=1S/C24H22N2O/c1-17(18-7-9-20(10-8-18)19-5-3-2-4-6-19)25-14-13-21-16-26-24-12-11-22(27)15-23(21)24/h2-12,15-16,25-27H,1,13-14H2. The lowest BCUT2D eigenvalue weighted by atomic mass is 10.0. The zero-order valence-electron chi connectivity index (χ0n) is 15.1. The van der Waals surface area contributed by atoms with Crippen molar-refractivity contribution in [1.29, 1.82) is 0 Å². The van der Waals surface area contributed by atoms with Gasteiger partial charge in [-0.1, -0.05) is 61.2 Å². The number of hydrogen-bond acceptors (Lipinski definition) is 2. The van der Waals surface area contributed by atoms with E-state index in [-0.39, 0.29) is 0 Å². The van der Waals surface area contributed by atoms with Gasteiger partial charge in [-0.05, 0) is 46.9 Å². The molecule has 1 aromatic heterocycles. The lowest BCUT2D eigenvalue weighted by Gasteiger charge is -2.10. The summed E-state index contributed by atoms with van der Waals surface area (Å²) < 4.78 is 0. The fourth-order valence-corrected chi connectivity index (χ4v) is 3.32. The molecule has 0 bridgehead atoms. The molecular weight excluding hydrogens is 332 g/mol. The number of rotatable bonds is 6. The summed E-state index contributed by atoms with van der Waals surface area (Å²) in [5, 5.41) is 14.2. The summed E-state index contributed by atoms with van der Waals surface area (Å²) in [7, 11) is 0. The van der Waals surface area contributed by atoms with Crippen molar-refractivity contribution in [3.63, 3.8) is 0 Å². The number of benzene rings is 3. The van der Waals surface area contributed by atoms with Crippen molar-refractivity contribution < 1.29 is 5.11 Å². The van der Waals surface area contributed by atoms with Crippen LogP contribution in [-0.4, -0.2) is 16.6 Å². The average Bonchev–Trinajstić information content (AvgIpc) is 3.11. The van der Waals surface area contributed by atoms with Crippen molar-refractivity contribution in [3.05, 3.63) is 96.7 Å². The van der Waals surface area contributed by atoms with Crippen molar-refractivity contribution in [2.45, 2.75) is 6.42 Å². The normalized spacial score (nSPS) is 10.8. The van der Waals surface area contributed by atoms with Gasteiger partial charge in [0.05, 0.1) is 0 Å². The third kappa shape index (κ3) is 3.72. The monoisotopic (exact) mass is 354 g/mol. The molecule has 3 aromatic carbocycles. The molecule has 3 N–H and O–H groups in total. The second kappa shape index (κ2) is 7.42. The molecule has 0 radical (unpaired) electrons. The maximum Gasteiger partial charge on any atom is 0.116 e. The van der Waals surface area contributed by atoms with Gasteiger partial charge in [0.2, 0.25) is 0 Å². The Balaban J connectivity index is 1.38. The molecule has 0 aliphatic rings. The molecule has 0 spiro atoms. The molecule has 4 aromatic rings. The van der Waals surface area contributed by atoms with E-state index in [0.29, 0.717) is 5.75 Å². The highest BCUT2D eigenvalue weighted by Gasteiger charge is 2.05. The van der Waals surface area contributed by atoms with E-state index in [1.54, 1.807) is 12.1 Å². The van der Waals surface area contributed by atoms with Gasteiger partial charge in [-0.15, -0.1) is 0 Å². The number of aromatic hydroxyl groups is 1. The van der Waals surface area contributed by atoms with Crippen molar-refractivity contribution in [1.82, 2.24) is 10.3 Å². The third-order valence-corrected chi connectivity index (χ3v) is 4.82. The number of fused-ring (bicyclic) bond motifs is 1. The molecule has 0 saturated carbocycles. The van der Waals surface area contributed by atoms with Gasteiger partial charge in [0.1, 0.15) is 5.75 Å². The van der Waals surface area contributed by atoms with Crippen LogP contribution in [0.4, 0.5) is 0 Å². The molecule has 0 aliphatic heterocycles.